The Balaban J connectivity index is 2.30. The second kappa shape index (κ2) is 4.70. The van der Waals surface area contributed by atoms with Crippen LogP contribution in [0.4, 0.5) is 0 Å². The summed E-state index contributed by atoms with van der Waals surface area (Å²) in [5, 5.41) is 21.3. The van der Waals surface area contributed by atoms with E-state index in [4.69, 9.17) is 5.11 Å². The van der Waals surface area contributed by atoms with Crippen LogP contribution in [-0.4, -0.2) is 36.0 Å². The molecule has 0 aliphatic carbocycles. The zero-order chi connectivity index (χ0) is 8.10. The van der Waals surface area contributed by atoms with Crippen molar-refractivity contribution < 1.29 is 10.2 Å². The van der Waals surface area contributed by atoms with Crippen molar-refractivity contribution in [3.63, 3.8) is 0 Å². The zero-order valence-electron chi connectivity index (χ0n) is 6.79. The van der Waals surface area contributed by atoms with Gasteiger partial charge in [-0.15, -0.1) is 0 Å². The summed E-state index contributed by atoms with van der Waals surface area (Å²) in [5.74, 6) is 0.301. The van der Waals surface area contributed by atoms with E-state index in [0.29, 0.717) is 5.92 Å². The largest absolute Gasteiger partial charge is 0.394 e. The van der Waals surface area contributed by atoms with E-state index in [2.05, 4.69) is 5.32 Å². The number of hydrogen-bond donors (Lipinski definition) is 3. The summed E-state index contributed by atoms with van der Waals surface area (Å²) in [6.45, 7) is 1.93. The van der Waals surface area contributed by atoms with Gasteiger partial charge in [0.15, 0.2) is 0 Å². The molecule has 0 amide bonds. The first kappa shape index (κ1) is 8.97. The van der Waals surface area contributed by atoms with Gasteiger partial charge < -0.3 is 15.5 Å². The Morgan fingerprint density at radius 3 is 2.91 bits per heavy atom. The van der Waals surface area contributed by atoms with Crippen LogP contribution in [0.3, 0.4) is 0 Å². The highest BCUT2D eigenvalue weighted by Crippen LogP contribution is 2.17. The predicted molar refractivity (Wildman–Crippen MR) is 43.3 cm³/mol. The van der Waals surface area contributed by atoms with Crippen molar-refractivity contribution in [1.82, 2.24) is 5.32 Å². The molecule has 0 saturated carbocycles. The molecule has 3 nitrogen and oxygen atoms in total. The summed E-state index contributed by atoms with van der Waals surface area (Å²) < 4.78 is 0. The van der Waals surface area contributed by atoms with Crippen molar-refractivity contribution in [2.45, 2.75) is 25.4 Å². The summed E-state index contributed by atoms with van der Waals surface area (Å²) >= 11 is 0. The van der Waals surface area contributed by atoms with Crippen molar-refractivity contribution in [2.24, 2.45) is 5.92 Å². The standard InChI is InChI=1S/C8H17NO2/c10-6-8(11)7-2-1-4-9-5-3-7/h7-11H,1-6H2. The van der Waals surface area contributed by atoms with Crippen LogP contribution in [-0.2, 0) is 0 Å². The van der Waals surface area contributed by atoms with E-state index in [0.717, 1.165) is 32.4 Å². The molecule has 11 heavy (non-hydrogen) atoms. The monoisotopic (exact) mass is 159 g/mol. The molecule has 1 heterocycles. The van der Waals surface area contributed by atoms with Gasteiger partial charge in [0.1, 0.15) is 0 Å². The SMILES string of the molecule is OCC(O)C1CCCNCC1. The Bertz CT molecular complexity index is 100. The van der Waals surface area contributed by atoms with Gasteiger partial charge in [-0.2, -0.15) is 0 Å². The molecule has 1 rings (SSSR count). The molecule has 1 fully saturated rings. The first-order chi connectivity index (χ1) is 5.34. The molecule has 0 aromatic rings. The van der Waals surface area contributed by atoms with E-state index < -0.39 is 6.10 Å². The smallest absolute Gasteiger partial charge is 0.0799 e. The Hall–Kier alpha value is -0.120. The molecule has 1 aliphatic heterocycles. The highest BCUT2D eigenvalue weighted by atomic mass is 16.3. The molecular formula is C8H17NO2. The minimum atomic E-state index is -0.505. The molecule has 1 aliphatic rings. The van der Waals surface area contributed by atoms with E-state index in [-0.39, 0.29) is 6.61 Å². The molecule has 0 aromatic heterocycles. The lowest BCUT2D eigenvalue weighted by Gasteiger charge is -2.18. The fourth-order valence-corrected chi connectivity index (χ4v) is 1.58. The Morgan fingerprint density at radius 2 is 2.18 bits per heavy atom. The summed E-state index contributed by atoms with van der Waals surface area (Å²) in [7, 11) is 0. The third-order valence-corrected chi connectivity index (χ3v) is 2.35. The van der Waals surface area contributed by atoms with E-state index in [1.165, 1.54) is 0 Å². The van der Waals surface area contributed by atoms with Gasteiger partial charge in [-0.25, -0.2) is 0 Å². The molecule has 0 radical (unpaired) electrons. The van der Waals surface area contributed by atoms with E-state index >= 15 is 0 Å². The minimum Gasteiger partial charge on any atom is -0.394 e. The Labute approximate surface area is 67.4 Å². The number of nitrogens with one attached hydrogen (secondary N) is 1. The minimum absolute atomic E-state index is 0.0926. The van der Waals surface area contributed by atoms with Crippen LogP contribution in [0, 0.1) is 5.92 Å². The number of hydrogen-bond acceptors (Lipinski definition) is 3. The van der Waals surface area contributed by atoms with Gasteiger partial charge in [-0.3, -0.25) is 0 Å². The third-order valence-electron chi connectivity index (χ3n) is 2.35. The predicted octanol–water partition coefficient (Wildman–Crippen LogP) is -0.271. The van der Waals surface area contributed by atoms with Crippen molar-refractivity contribution in [1.29, 1.82) is 0 Å². The fourth-order valence-electron chi connectivity index (χ4n) is 1.58. The second-order valence-corrected chi connectivity index (χ2v) is 3.19. The van der Waals surface area contributed by atoms with Gasteiger partial charge in [0.05, 0.1) is 12.7 Å². The molecule has 66 valence electrons. The van der Waals surface area contributed by atoms with Crippen LogP contribution in [0.15, 0.2) is 0 Å². The second-order valence-electron chi connectivity index (χ2n) is 3.19. The van der Waals surface area contributed by atoms with Crippen molar-refractivity contribution in [3.8, 4) is 0 Å². The van der Waals surface area contributed by atoms with Crippen LogP contribution in [0.1, 0.15) is 19.3 Å². The average Bonchev–Trinajstić information content (AvgIpc) is 2.30. The van der Waals surface area contributed by atoms with Crippen LogP contribution in [0.25, 0.3) is 0 Å². The van der Waals surface area contributed by atoms with Crippen LogP contribution >= 0.6 is 0 Å². The topological polar surface area (TPSA) is 52.5 Å². The normalized spacial score (nSPS) is 29.5. The highest BCUT2D eigenvalue weighted by molar-refractivity contribution is 4.72. The van der Waals surface area contributed by atoms with E-state index in [1.807, 2.05) is 0 Å². The van der Waals surface area contributed by atoms with Gasteiger partial charge >= 0.3 is 0 Å². The molecule has 2 unspecified atom stereocenters. The molecule has 3 N–H and O–H groups in total. The molecular weight excluding hydrogens is 142 g/mol. The fraction of sp³-hybridized carbons (Fsp3) is 1.00. The van der Waals surface area contributed by atoms with Gasteiger partial charge in [0, 0.05) is 0 Å². The lowest BCUT2D eigenvalue weighted by molar-refractivity contribution is 0.0424. The lowest BCUT2D eigenvalue weighted by Crippen LogP contribution is -2.25. The summed E-state index contributed by atoms with van der Waals surface area (Å²) in [5.41, 5.74) is 0. The molecule has 0 aromatic carbocycles. The maximum Gasteiger partial charge on any atom is 0.0799 e. The highest BCUT2D eigenvalue weighted by Gasteiger charge is 2.19. The van der Waals surface area contributed by atoms with Gasteiger partial charge in [-0.1, -0.05) is 0 Å². The van der Waals surface area contributed by atoms with Gasteiger partial charge in [0.2, 0.25) is 0 Å². The van der Waals surface area contributed by atoms with E-state index in [1.54, 1.807) is 0 Å². The van der Waals surface area contributed by atoms with Crippen molar-refractivity contribution >= 4 is 0 Å². The van der Waals surface area contributed by atoms with E-state index in [9.17, 15) is 5.11 Å². The average molecular weight is 159 g/mol. The summed E-state index contributed by atoms with van der Waals surface area (Å²) in [6, 6.07) is 0. The molecule has 2 atom stereocenters. The maximum absolute atomic E-state index is 9.33. The first-order valence-electron chi connectivity index (χ1n) is 4.34. The third kappa shape index (κ3) is 2.77. The quantitative estimate of drug-likeness (QED) is 0.520. The summed E-state index contributed by atoms with van der Waals surface area (Å²) in [6.07, 6.45) is 2.63. The van der Waals surface area contributed by atoms with Crippen LogP contribution in [0.5, 0.6) is 0 Å². The molecule has 1 saturated heterocycles. The Morgan fingerprint density at radius 1 is 1.36 bits per heavy atom. The molecule has 0 bridgehead atoms. The lowest BCUT2D eigenvalue weighted by atomic mass is 9.95. The van der Waals surface area contributed by atoms with Crippen LogP contribution < -0.4 is 5.32 Å². The number of aliphatic hydroxyl groups excluding tert-OH is 2. The maximum atomic E-state index is 9.33. The number of aliphatic hydroxyl groups is 2. The molecule has 0 spiro atoms. The van der Waals surface area contributed by atoms with Gasteiger partial charge in [0.25, 0.3) is 0 Å². The van der Waals surface area contributed by atoms with Crippen LogP contribution in [0.2, 0.25) is 0 Å². The summed E-state index contributed by atoms with van der Waals surface area (Å²) in [4.78, 5) is 0. The van der Waals surface area contributed by atoms with Crippen molar-refractivity contribution in [3.05, 3.63) is 0 Å². The van der Waals surface area contributed by atoms with Crippen molar-refractivity contribution in [2.75, 3.05) is 19.7 Å². The first-order valence-corrected chi connectivity index (χ1v) is 4.34. The Kier molecular flexibility index (Phi) is 3.83. The molecule has 3 heteroatoms. The number of rotatable bonds is 2. The zero-order valence-corrected chi connectivity index (χ0v) is 6.79. The van der Waals surface area contributed by atoms with Gasteiger partial charge in [-0.05, 0) is 38.3 Å².